The van der Waals surface area contributed by atoms with Gasteiger partial charge in [0.15, 0.2) is 0 Å². The monoisotopic (exact) mass is 533 g/mol. The second kappa shape index (κ2) is 12.1. The van der Waals surface area contributed by atoms with Crippen LogP contribution in [-0.2, 0) is 20.6 Å². The lowest BCUT2D eigenvalue weighted by atomic mass is 10.1. The SMILES string of the molecule is COc1ccc(-c2ccc(S(=O)(=O)N[C@H](C(=O)O)[C@@H](SCc3ccccc3)c3ccccc3)cc2)cc1. The Morgan fingerprint density at radius 3 is 1.92 bits per heavy atom. The molecule has 0 fully saturated rings. The van der Waals surface area contributed by atoms with Gasteiger partial charge in [0, 0.05) is 5.75 Å². The highest BCUT2D eigenvalue weighted by Gasteiger charge is 2.34. The number of carboxylic acid groups (broad SMARTS) is 1. The Balaban J connectivity index is 1.58. The summed E-state index contributed by atoms with van der Waals surface area (Å²) in [4.78, 5) is 12.4. The predicted molar refractivity (Wildman–Crippen MR) is 147 cm³/mol. The lowest BCUT2D eigenvalue weighted by molar-refractivity contribution is -0.139. The standard InChI is InChI=1S/C29H27NO5S2/c1-35-25-16-12-22(13-17-25)23-14-18-26(19-15-23)37(33,34)30-27(29(31)32)28(24-10-6-3-7-11-24)36-20-21-8-4-2-5-9-21/h2-19,27-28,30H,20H2,1H3,(H,31,32)/t27-,28-/m0/s1. The summed E-state index contributed by atoms with van der Waals surface area (Å²) in [7, 11) is -2.52. The van der Waals surface area contributed by atoms with E-state index in [1.165, 1.54) is 23.9 Å². The molecule has 0 amide bonds. The summed E-state index contributed by atoms with van der Waals surface area (Å²) in [5.41, 5.74) is 3.49. The third-order valence-corrected chi connectivity index (χ3v) is 8.70. The third kappa shape index (κ3) is 6.80. The van der Waals surface area contributed by atoms with Gasteiger partial charge in [0.25, 0.3) is 0 Å². The molecule has 6 nitrogen and oxygen atoms in total. The second-order valence-corrected chi connectivity index (χ2v) is 11.2. The first-order valence-electron chi connectivity index (χ1n) is 11.6. The number of aliphatic carboxylic acids is 1. The molecule has 0 aliphatic heterocycles. The van der Waals surface area contributed by atoms with Crippen molar-refractivity contribution in [2.75, 3.05) is 7.11 Å². The van der Waals surface area contributed by atoms with Crippen LogP contribution in [0.3, 0.4) is 0 Å². The molecule has 0 saturated heterocycles. The number of hydrogen-bond donors (Lipinski definition) is 2. The normalized spacial score (nSPS) is 13.0. The number of carbonyl (C=O) groups is 1. The molecule has 0 saturated carbocycles. The zero-order valence-electron chi connectivity index (χ0n) is 20.2. The van der Waals surface area contributed by atoms with Gasteiger partial charge in [0.2, 0.25) is 10.0 Å². The number of thioether (sulfide) groups is 1. The van der Waals surface area contributed by atoms with Crippen LogP contribution in [-0.4, -0.2) is 32.6 Å². The van der Waals surface area contributed by atoms with Gasteiger partial charge in [0.1, 0.15) is 11.8 Å². The Morgan fingerprint density at radius 2 is 1.38 bits per heavy atom. The summed E-state index contributed by atoms with van der Waals surface area (Å²) >= 11 is 1.38. The van der Waals surface area contributed by atoms with E-state index in [2.05, 4.69) is 4.72 Å². The molecule has 0 aromatic heterocycles. The van der Waals surface area contributed by atoms with Crippen LogP contribution in [0.1, 0.15) is 16.4 Å². The molecule has 0 unspecified atom stereocenters. The van der Waals surface area contributed by atoms with Crippen molar-refractivity contribution in [2.24, 2.45) is 0 Å². The van der Waals surface area contributed by atoms with Gasteiger partial charge >= 0.3 is 5.97 Å². The first kappa shape index (κ1) is 26.5. The van der Waals surface area contributed by atoms with Crippen LogP contribution < -0.4 is 9.46 Å². The van der Waals surface area contributed by atoms with Crippen LogP contribution in [0.15, 0.2) is 114 Å². The van der Waals surface area contributed by atoms with Crippen molar-refractivity contribution in [2.45, 2.75) is 21.9 Å². The Kier molecular flexibility index (Phi) is 8.66. The highest BCUT2D eigenvalue weighted by Crippen LogP contribution is 2.35. The molecular formula is C29H27NO5S2. The van der Waals surface area contributed by atoms with Gasteiger partial charge in [-0.15, -0.1) is 11.8 Å². The minimum Gasteiger partial charge on any atom is -0.497 e. The number of ether oxygens (including phenoxy) is 1. The highest BCUT2D eigenvalue weighted by atomic mass is 32.2. The van der Waals surface area contributed by atoms with E-state index < -0.39 is 27.3 Å². The quantitative estimate of drug-likeness (QED) is 0.254. The lowest BCUT2D eigenvalue weighted by Gasteiger charge is -2.25. The Morgan fingerprint density at radius 1 is 0.838 bits per heavy atom. The number of sulfonamides is 1. The molecule has 0 aliphatic rings. The number of hydrogen-bond acceptors (Lipinski definition) is 5. The molecular weight excluding hydrogens is 506 g/mol. The van der Waals surface area contributed by atoms with Crippen LogP contribution in [0.5, 0.6) is 5.75 Å². The van der Waals surface area contributed by atoms with E-state index in [0.29, 0.717) is 5.75 Å². The minimum absolute atomic E-state index is 0.00381. The van der Waals surface area contributed by atoms with E-state index >= 15 is 0 Å². The van der Waals surface area contributed by atoms with E-state index in [1.807, 2.05) is 84.9 Å². The van der Waals surface area contributed by atoms with Crippen molar-refractivity contribution in [1.29, 1.82) is 0 Å². The average molecular weight is 534 g/mol. The fourth-order valence-corrected chi connectivity index (χ4v) is 6.45. The predicted octanol–water partition coefficient (Wildman–Crippen LogP) is 5.77. The Labute approximate surface area is 221 Å². The van der Waals surface area contributed by atoms with Crippen molar-refractivity contribution in [1.82, 2.24) is 4.72 Å². The maximum Gasteiger partial charge on any atom is 0.323 e. The average Bonchev–Trinajstić information content (AvgIpc) is 2.93. The largest absolute Gasteiger partial charge is 0.497 e. The molecule has 4 aromatic carbocycles. The van der Waals surface area contributed by atoms with Crippen LogP contribution in [0.2, 0.25) is 0 Å². The smallest absolute Gasteiger partial charge is 0.323 e. The van der Waals surface area contributed by atoms with Gasteiger partial charge < -0.3 is 9.84 Å². The zero-order valence-corrected chi connectivity index (χ0v) is 21.8. The van der Waals surface area contributed by atoms with Gasteiger partial charge in [-0.25, -0.2) is 8.42 Å². The molecule has 2 atom stereocenters. The van der Waals surface area contributed by atoms with Crippen molar-refractivity contribution < 1.29 is 23.1 Å². The minimum atomic E-state index is -4.11. The van der Waals surface area contributed by atoms with Gasteiger partial charge in [-0.1, -0.05) is 84.9 Å². The number of benzene rings is 4. The van der Waals surface area contributed by atoms with Crippen LogP contribution in [0.25, 0.3) is 11.1 Å². The maximum absolute atomic E-state index is 13.3. The number of nitrogens with one attached hydrogen (secondary N) is 1. The van der Waals surface area contributed by atoms with Crippen LogP contribution >= 0.6 is 11.8 Å². The van der Waals surface area contributed by atoms with E-state index in [-0.39, 0.29) is 4.90 Å². The molecule has 2 N–H and O–H groups in total. The molecule has 0 bridgehead atoms. The molecule has 0 radical (unpaired) electrons. The molecule has 37 heavy (non-hydrogen) atoms. The highest BCUT2D eigenvalue weighted by molar-refractivity contribution is 7.98. The fraction of sp³-hybridized carbons (Fsp3) is 0.138. The summed E-state index contributed by atoms with van der Waals surface area (Å²) in [5.74, 6) is 0.0143. The first-order chi connectivity index (χ1) is 17.9. The third-order valence-electron chi connectivity index (χ3n) is 5.84. The van der Waals surface area contributed by atoms with Gasteiger partial charge in [-0.2, -0.15) is 4.72 Å². The number of methoxy groups -OCH3 is 1. The molecule has 4 rings (SSSR count). The van der Waals surface area contributed by atoms with Gasteiger partial charge in [-0.3, -0.25) is 4.79 Å². The number of rotatable bonds is 11. The van der Waals surface area contributed by atoms with Crippen LogP contribution in [0, 0.1) is 0 Å². The van der Waals surface area contributed by atoms with E-state index in [4.69, 9.17) is 4.74 Å². The van der Waals surface area contributed by atoms with Crippen molar-refractivity contribution in [3.63, 3.8) is 0 Å². The summed E-state index contributed by atoms with van der Waals surface area (Å²) in [6.45, 7) is 0. The summed E-state index contributed by atoms with van der Waals surface area (Å²) in [6, 6.07) is 31.2. The molecule has 4 aromatic rings. The number of carboxylic acids is 1. The summed E-state index contributed by atoms with van der Waals surface area (Å²) in [5, 5.41) is 9.45. The van der Waals surface area contributed by atoms with E-state index in [1.54, 1.807) is 19.2 Å². The molecule has 0 heterocycles. The first-order valence-corrected chi connectivity index (χ1v) is 14.1. The van der Waals surface area contributed by atoms with Crippen molar-refractivity contribution >= 4 is 27.8 Å². The topological polar surface area (TPSA) is 92.7 Å². The zero-order chi connectivity index (χ0) is 26.3. The summed E-state index contributed by atoms with van der Waals surface area (Å²) in [6.07, 6.45) is 0. The van der Waals surface area contributed by atoms with E-state index in [0.717, 1.165) is 28.0 Å². The van der Waals surface area contributed by atoms with Crippen LogP contribution in [0.4, 0.5) is 0 Å². The summed E-state index contributed by atoms with van der Waals surface area (Å²) < 4.78 is 34.2. The second-order valence-electron chi connectivity index (χ2n) is 8.32. The molecule has 190 valence electrons. The Bertz CT molecular complexity index is 1410. The fourth-order valence-electron chi connectivity index (χ4n) is 3.87. The Hall–Kier alpha value is -3.59. The van der Waals surface area contributed by atoms with Crippen molar-refractivity contribution in [3.8, 4) is 16.9 Å². The van der Waals surface area contributed by atoms with Gasteiger partial charge in [-0.05, 0) is 46.5 Å². The molecule has 0 aliphatic carbocycles. The van der Waals surface area contributed by atoms with Gasteiger partial charge in [0.05, 0.1) is 17.3 Å². The lowest BCUT2D eigenvalue weighted by Crippen LogP contribution is -2.44. The van der Waals surface area contributed by atoms with Crippen molar-refractivity contribution in [3.05, 3.63) is 120 Å². The molecule has 0 spiro atoms. The maximum atomic E-state index is 13.3. The van der Waals surface area contributed by atoms with E-state index in [9.17, 15) is 18.3 Å². The molecule has 8 heteroatoms.